The van der Waals surface area contributed by atoms with Crippen molar-refractivity contribution in [3.8, 4) is 5.75 Å². The molecule has 0 unspecified atom stereocenters. The largest absolute Gasteiger partial charge is 0.496 e. The first-order chi connectivity index (χ1) is 15.6. The number of nitrogens with one attached hydrogen (secondary N) is 2. The number of hydrogen-bond donors (Lipinski definition) is 3. The number of carboxylic acid groups (broad SMARTS) is 1. The van der Waals surface area contributed by atoms with Gasteiger partial charge in [-0.1, -0.05) is 30.3 Å². The lowest BCUT2D eigenvalue weighted by atomic mass is 9.90. The van der Waals surface area contributed by atoms with E-state index in [-0.39, 0.29) is 6.04 Å². The standard InChI is InChI=1S/C25H23N3O3S/c1-31-21-10-9-15(12-16(21)14-32-22-8-4-5-11-26-22)23-24-18(13-20(28-23)25(29)30)17-6-2-3-7-19(17)27-24/h2-12,20,23,27-28H,13-14H2,1H3,(H,29,30)/t20-,23+/m1/s1. The summed E-state index contributed by atoms with van der Waals surface area (Å²) in [5, 5.41) is 15.1. The van der Waals surface area contributed by atoms with E-state index in [1.165, 1.54) is 0 Å². The first-order valence-corrected chi connectivity index (χ1v) is 11.4. The van der Waals surface area contributed by atoms with E-state index >= 15 is 0 Å². The zero-order chi connectivity index (χ0) is 22.1. The zero-order valence-corrected chi connectivity index (χ0v) is 18.4. The molecule has 4 aromatic rings. The number of nitrogens with zero attached hydrogens (tertiary/aromatic N) is 1. The van der Waals surface area contributed by atoms with Gasteiger partial charge in [-0.3, -0.25) is 10.1 Å². The van der Waals surface area contributed by atoms with Gasteiger partial charge in [-0.2, -0.15) is 0 Å². The first-order valence-electron chi connectivity index (χ1n) is 10.4. The second-order valence-electron chi connectivity index (χ2n) is 7.79. The number of fused-ring (bicyclic) bond motifs is 3. The molecular formula is C25H23N3O3S. The summed E-state index contributed by atoms with van der Waals surface area (Å²) in [4.78, 5) is 19.8. The number of aromatic amines is 1. The summed E-state index contributed by atoms with van der Waals surface area (Å²) >= 11 is 1.64. The molecule has 1 aliphatic heterocycles. The normalized spacial score (nSPS) is 17.8. The number of thioether (sulfide) groups is 1. The molecule has 6 nitrogen and oxygen atoms in total. The van der Waals surface area contributed by atoms with Crippen LogP contribution in [-0.2, 0) is 17.0 Å². The number of H-pyrrole nitrogens is 1. The van der Waals surface area contributed by atoms with Crippen LogP contribution in [0.1, 0.15) is 28.4 Å². The Morgan fingerprint density at radius 1 is 1.19 bits per heavy atom. The van der Waals surface area contributed by atoms with Gasteiger partial charge in [0.15, 0.2) is 0 Å². The van der Waals surface area contributed by atoms with Crippen LogP contribution >= 0.6 is 11.8 Å². The number of ether oxygens (including phenoxy) is 1. The fourth-order valence-electron chi connectivity index (χ4n) is 4.33. The highest BCUT2D eigenvalue weighted by Crippen LogP contribution is 2.37. The average molecular weight is 446 g/mol. The van der Waals surface area contributed by atoms with Crippen molar-refractivity contribution in [1.82, 2.24) is 15.3 Å². The van der Waals surface area contributed by atoms with Gasteiger partial charge in [0, 0.05) is 40.5 Å². The second kappa shape index (κ2) is 8.68. The third kappa shape index (κ3) is 3.85. The molecule has 0 radical (unpaired) electrons. The molecular weight excluding hydrogens is 422 g/mol. The minimum Gasteiger partial charge on any atom is -0.496 e. The van der Waals surface area contributed by atoms with Gasteiger partial charge in [-0.05, 0) is 41.5 Å². The average Bonchev–Trinajstić information content (AvgIpc) is 3.21. The molecule has 1 aliphatic rings. The van der Waals surface area contributed by atoms with Gasteiger partial charge < -0.3 is 14.8 Å². The minimum absolute atomic E-state index is 0.253. The van der Waals surface area contributed by atoms with E-state index in [1.807, 2.05) is 48.5 Å². The van der Waals surface area contributed by atoms with Crippen molar-refractivity contribution in [2.45, 2.75) is 29.3 Å². The molecule has 162 valence electrons. The molecule has 0 aliphatic carbocycles. The quantitative estimate of drug-likeness (QED) is 0.378. The predicted octanol–water partition coefficient (Wildman–Crippen LogP) is 4.55. The van der Waals surface area contributed by atoms with E-state index < -0.39 is 12.0 Å². The highest BCUT2D eigenvalue weighted by atomic mass is 32.2. The van der Waals surface area contributed by atoms with Crippen molar-refractivity contribution in [2.24, 2.45) is 0 Å². The van der Waals surface area contributed by atoms with Gasteiger partial charge in [0.1, 0.15) is 11.8 Å². The number of carboxylic acids is 1. The Balaban J connectivity index is 1.54. The molecule has 3 N–H and O–H groups in total. The topological polar surface area (TPSA) is 87.2 Å². The molecule has 0 fully saturated rings. The summed E-state index contributed by atoms with van der Waals surface area (Å²) in [5.74, 6) is 0.660. The smallest absolute Gasteiger partial charge is 0.321 e. The number of aliphatic carboxylic acids is 1. The van der Waals surface area contributed by atoms with Crippen molar-refractivity contribution < 1.29 is 14.6 Å². The number of benzene rings is 2. The predicted molar refractivity (Wildman–Crippen MR) is 125 cm³/mol. The maximum atomic E-state index is 11.9. The Labute approximate surface area is 190 Å². The van der Waals surface area contributed by atoms with Crippen molar-refractivity contribution >= 4 is 28.6 Å². The molecule has 0 saturated carbocycles. The monoisotopic (exact) mass is 445 g/mol. The van der Waals surface area contributed by atoms with Crippen molar-refractivity contribution in [2.75, 3.05) is 7.11 Å². The molecule has 5 rings (SSSR count). The van der Waals surface area contributed by atoms with Gasteiger partial charge >= 0.3 is 5.97 Å². The van der Waals surface area contributed by atoms with Crippen LogP contribution in [0.2, 0.25) is 0 Å². The van der Waals surface area contributed by atoms with Crippen molar-refractivity contribution in [3.63, 3.8) is 0 Å². The summed E-state index contributed by atoms with van der Waals surface area (Å²) < 4.78 is 5.60. The summed E-state index contributed by atoms with van der Waals surface area (Å²) in [6, 6.07) is 19.1. The molecule has 0 saturated heterocycles. The fraction of sp³-hybridized carbons (Fsp3) is 0.200. The Hall–Kier alpha value is -3.29. The Bertz CT molecular complexity index is 1270. The van der Waals surface area contributed by atoms with E-state index in [2.05, 4.69) is 27.4 Å². The molecule has 2 atom stereocenters. The Morgan fingerprint density at radius 3 is 2.81 bits per heavy atom. The SMILES string of the molecule is COc1ccc([C@@H]2N[C@@H](C(=O)O)Cc3c2[nH]c2ccccc32)cc1CSc1ccccn1. The highest BCUT2D eigenvalue weighted by molar-refractivity contribution is 7.98. The second-order valence-corrected chi connectivity index (χ2v) is 8.78. The number of pyridine rings is 1. The van der Waals surface area contributed by atoms with Crippen LogP contribution in [-0.4, -0.2) is 34.2 Å². The van der Waals surface area contributed by atoms with Gasteiger partial charge in [0.25, 0.3) is 0 Å². The van der Waals surface area contributed by atoms with Gasteiger partial charge in [-0.15, -0.1) is 11.8 Å². The molecule has 0 bridgehead atoms. The molecule has 0 amide bonds. The lowest BCUT2D eigenvalue weighted by molar-refractivity contribution is -0.139. The molecule has 0 spiro atoms. The summed E-state index contributed by atoms with van der Waals surface area (Å²) in [5.41, 5.74) is 5.16. The van der Waals surface area contributed by atoms with Crippen LogP contribution in [0.15, 0.2) is 71.9 Å². The molecule has 3 heterocycles. The number of rotatable bonds is 6. The van der Waals surface area contributed by atoms with Gasteiger partial charge in [0.05, 0.1) is 18.2 Å². The van der Waals surface area contributed by atoms with Gasteiger partial charge in [-0.25, -0.2) is 4.98 Å². The van der Waals surface area contributed by atoms with E-state index in [0.717, 1.165) is 44.1 Å². The van der Waals surface area contributed by atoms with Crippen LogP contribution in [0.3, 0.4) is 0 Å². The highest BCUT2D eigenvalue weighted by Gasteiger charge is 2.34. The van der Waals surface area contributed by atoms with Crippen LogP contribution < -0.4 is 10.1 Å². The van der Waals surface area contributed by atoms with Gasteiger partial charge in [0.2, 0.25) is 0 Å². The lowest BCUT2D eigenvalue weighted by Gasteiger charge is -2.30. The molecule has 32 heavy (non-hydrogen) atoms. The maximum Gasteiger partial charge on any atom is 0.321 e. The number of para-hydroxylation sites is 1. The Morgan fingerprint density at radius 2 is 2.03 bits per heavy atom. The van der Waals surface area contributed by atoms with Crippen LogP contribution in [0.4, 0.5) is 0 Å². The fourth-order valence-corrected chi connectivity index (χ4v) is 5.17. The lowest BCUT2D eigenvalue weighted by Crippen LogP contribution is -2.45. The summed E-state index contributed by atoms with van der Waals surface area (Å²) in [7, 11) is 1.67. The zero-order valence-electron chi connectivity index (χ0n) is 17.5. The number of hydrogen-bond acceptors (Lipinski definition) is 5. The van der Waals surface area contributed by atoms with E-state index in [1.54, 1.807) is 25.1 Å². The third-order valence-corrected chi connectivity index (χ3v) is 6.85. The van der Waals surface area contributed by atoms with Crippen LogP contribution in [0, 0.1) is 0 Å². The van der Waals surface area contributed by atoms with E-state index in [0.29, 0.717) is 12.2 Å². The maximum absolute atomic E-state index is 11.9. The van der Waals surface area contributed by atoms with E-state index in [9.17, 15) is 9.90 Å². The summed E-state index contributed by atoms with van der Waals surface area (Å²) in [6.07, 6.45) is 2.23. The molecule has 2 aromatic heterocycles. The van der Waals surface area contributed by atoms with E-state index in [4.69, 9.17) is 4.74 Å². The first kappa shape index (κ1) is 20.6. The number of carbonyl (C=O) groups is 1. The molecule has 7 heteroatoms. The Kier molecular flexibility index (Phi) is 5.59. The number of aromatic nitrogens is 2. The minimum atomic E-state index is -0.842. The van der Waals surface area contributed by atoms with Crippen molar-refractivity contribution in [3.05, 3.63) is 89.2 Å². The van der Waals surface area contributed by atoms with Crippen LogP contribution in [0.25, 0.3) is 10.9 Å². The third-order valence-electron chi connectivity index (χ3n) is 5.86. The molecule has 2 aromatic carbocycles. The number of methoxy groups -OCH3 is 1. The van der Waals surface area contributed by atoms with Crippen molar-refractivity contribution in [1.29, 1.82) is 0 Å². The summed E-state index contributed by atoms with van der Waals surface area (Å²) in [6.45, 7) is 0. The van der Waals surface area contributed by atoms with Crippen LogP contribution in [0.5, 0.6) is 5.75 Å².